The maximum absolute atomic E-state index is 5.95. The third kappa shape index (κ3) is 3.31. The van der Waals surface area contributed by atoms with Crippen LogP contribution >= 0.6 is 27.7 Å². The minimum Gasteiger partial charge on any atom is -0.324 e. The van der Waals surface area contributed by atoms with Gasteiger partial charge in [-0.3, -0.25) is 0 Å². The quantitative estimate of drug-likeness (QED) is 0.931. The maximum atomic E-state index is 5.95. The van der Waals surface area contributed by atoms with Crippen LogP contribution in [0.3, 0.4) is 0 Å². The summed E-state index contributed by atoms with van der Waals surface area (Å²) in [6.45, 7) is 1.99. The molecule has 0 fully saturated rings. The van der Waals surface area contributed by atoms with Crippen molar-refractivity contribution in [2.24, 2.45) is 5.73 Å². The second-order valence-electron chi connectivity index (χ2n) is 3.74. The Morgan fingerprint density at radius 3 is 2.65 bits per heavy atom. The summed E-state index contributed by atoms with van der Waals surface area (Å²) in [6, 6.07) is 12.2. The molecule has 1 aromatic carbocycles. The highest BCUT2D eigenvalue weighted by Gasteiger charge is 2.07. The average Bonchev–Trinajstić information content (AvgIpc) is 2.32. The van der Waals surface area contributed by atoms with Gasteiger partial charge in [-0.15, -0.1) is 0 Å². The van der Waals surface area contributed by atoms with E-state index in [0.29, 0.717) is 0 Å². The molecule has 2 aromatic rings. The molecule has 0 unspecified atom stereocenters. The first-order chi connectivity index (χ1) is 8.16. The van der Waals surface area contributed by atoms with Gasteiger partial charge in [0.05, 0.1) is 0 Å². The first-order valence-electron chi connectivity index (χ1n) is 5.31. The van der Waals surface area contributed by atoms with Gasteiger partial charge in [-0.25, -0.2) is 4.98 Å². The molecule has 0 saturated heterocycles. The van der Waals surface area contributed by atoms with Crippen molar-refractivity contribution in [1.29, 1.82) is 0 Å². The van der Waals surface area contributed by atoms with Crippen LogP contribution in [0.5, 0.6) is 0 Å². The third-order valence-electron chi connectivity index (χ3n) is 2.32. The van der Waals surface area contributed by atoms with Crippen molar-refractivity contribution in [2.75, 3.05) is 0 Å². The van der Waals surface area contributed by atoms with Crippen LogP contribution in [0.1, 0.15) is 18.5 Å². The molecule has 0 aliphatic rings. The fraction of sp³-hybridized carbons (Fsp3) is 0.154. The summed E-state index contributed by atoms with van der Waals surface area (Å²) < 4.78 is 0.988. The number of hydrogen-bond acceptors (Lipinski definition) is 3. The lowest BCUT2D eigenvalue weighted by molar-refractivity contribution is 0.797. The van der Waals surface area contributed by atoms with E-state index in [4.69, 9.17) is 5.73 Å². The molecule has 88 valence electrons. The Kier molecular flexibility index (Phi) is 4.20. The minimum atomic E-state index is 0.0362. The number of hydrogen-bond donors (Lipinski definition) is 1. The highest BCUT2D eigenvalue weighted by molar-refractivity contribution is 9.10. The number of aromatic nitrogens is 1. The van der Waals surface area contributed by atoms with Gasteiger partial charge in [-0.1, -0.05) is 30.0 Å². The van der Waals surface area contributed by atoms with Gasteiger partial charge in [0.2, 0.25) is 0 Å². The summed E-state index contributed by atoms with van der Waals surface area (Å²) >= 11 is 5.02. The van der Waals surface area contributed by atoms with Crippen LogP contribution in [-0.4, -0.2) is 4.98 Å². The first-order valence-corrected chi connectivity index (χ1v) is 6.91. The molecule has 1 aromatic heterocycles. The third-order valence-corrected chi connectivity index (χ3v) is 3.84. The molecule has 4 heteroatoms. The molecule has 0 bridgehead atoms. The second kappa shape index (κ2) is 5.67. The molecular formula is C13H13BrN2S. The first kappa shape index (κ1) is 12.6. The molecular weight excluding hydrogens is 296 g/mol. The summed E-state index contributed by atoms with van der Waals surface area (Å²) in [4.78, 5) is 5.51. The SMILES string of the molecule is C[C@@H](N)c1ccccc1Sc1ccc(Br)cn1. The molecule has 0 saturated carbocycles. The van der Waals surface area contributed by atoms with Gasteiger partial charge in [0.25, 0.3) is 0 Å². The summed E-state index contributed by atoms with van der Waals surface area (Å²) in [5.41, 5.74) is 7.11. The minimum absolute atomic E-state index is 0.0362. The Morgan fingerprint density at radius 1 is 1.24 bits per heavy atom. The predicted molar refractivity (Wildman–Crippen MR) is 75.1 cm³/mol. The molecule has 0 radical (unpaired) electrons. The number of halogens is 1. The van der Waals surface area contributed by atoms with Crippen LogP contribution in [-0.2, 0) is 0 Å². The summed E-state index contributed by atoms with van der Waals surface area (Å²) in [5.74, 6) is 0. The number of benzene rings is 1. The topological polar surface area (TPSA) is 38.9 Å². The molecule has 2 N–H and O–H groups in total. The van der Waals surface area contributed by atoms with Gasteiger partial charge in [0.1, 0.15) is 5.03 Å². The number of rotatable bonds is 3. The lowest BCUT2D eigenvalue weighted by atomic mass is 10.1. The molecule has 0 amide bonds. The molecule has 2 nitrogen and oxygen atoms in total. The van der Waals surface area contributed by atoms with Crippen LogP contribution < -0.4 is 5.73 Å². The van der Waals surface area contributed by atoms with Gasteiger partial charge in [0.15, 0.2) is 0 Å². The molecule has 1 heterocycles. The van der Waals surface area contributed by atoms with E-state index in [1.807, 2.05) is 31.2 Å². The van der Waals surface area contributed by atoms with Crippen LogP contribution in [0.25, 0.3) is 0 Å². The lowest BCUT2D eigenvalue weighted by Gasteiger charge is -2.11. The fourth-order valence-corrected chi connectivity index (χ4v) is 2.70. The average molecular weight is 309 g/mol. The Morgan fingerprint density at radius 2 is 2.00 bits per heavy atom. The van der Waals surface area contributed by atoms with Crippen molar-refractivity contribution in [2.45, 2.75) is 22.9 Å². The molecule has 0 aliphatic heterocycles. The second-order valence-corrected chi connectivity index (χ2v) is 5.72. The van der Waals surface area contributed by atoms with E-state index >= 15 is 0 Å². The largest absolute Gasteiger partial charge is 0.324 e. The van der Waals surface area contributed by atoms with Crippen LogP contribution in [0.4, 0.5) is 0 Å². The molecule has 1 atom stereocenters. The van der Waals surface area contributed by atoms with E-state index in [0.717, 1.165) is 20.0 Å². The molecule has 0 aliphatic carbocycles. The van der Waals surface area contributed by atoms with Gasteiger partial charge >= 0.3 is 0 Å². The standard InChI is InChI=1S/C13H13BrN2S/c1-9(15)11-4-2-3-5-12(11)17-13-7-6-10(14)8-16-13/h2-9H,15H2,1H3/t9-/m1/s1. The van der Waals surface area contributed by atoms with Gasteiger partial charge in [-0.2, -0.15) is 0 Å². The summed E-state index contributed by atoms with van der Waals surface area (Å²) in [6.07, 6.45) is 1.80. The monoisotopic (exact) mass is 308 g/mol. The number of nitrogens with two attached hydrogens (primary N) is 1. The summed E-state index contributed by atoms with van der Waals surface area (Å²) in [7, 11) is 0. The van der Waals surface area contributed by atoms with Gasteiger partial charge in [-0.05, 0) is 46.6 Å². The van der Waals surface area contributed by atoms with E-state index in [9.17, 15) is 0 Å². The van der Waals surface area contributed by atoms with E-state index in [1.54, 1.807) is 18.0 Å². The van der Waals surface area contributed by atoms with Crippen molar-refractivity contribution in [3.05, 3.63) is 52.6 Å². The Labute approximate surface area is 114 Å². The Balaban J connectivity index is 2.26. The summed E-state index contributed by atoms with van der Waals surface area (Å²) in [5, 5.41) is 0.973. The van der Waals surface area contributed by atoms with Crippen LogP contribution in [0.15, 0.2) is 57.0 Å². The van der Waals surface area contributed by atoms with Crippen LogP contribution in [0.2, 0.25) is 0 Å². The van der Waals surface area contributed by atoms with Gasteiger partial charge in [0, 0.05) is 21.6 Å². The highest BCUT2D eigenvalue weighted by atomic mass is 79.9. The zero-order chi connectivity index (χ0) is 12.3. The Hall–Kier alpha value is -0.840. The highest BCUT2D eigenvalue weighted by Crippen LogP contribution is 2.31. The normalized spacial score (nSPS) is 12.4. The van der Waals surface area contributed by atoms with Crippen molar-refractivity contribution in [1.82, 2.24) is 4.98 Å². The van der Waals surface area contributed by atoms with Crippen molar-refractivity contribution < 1.29 is 0 Å². The Bertz CT molecular complexity index is 497. The molecule has 17 heavy (non-hydrogen) atoms. The zero-order valence-electron chi connectivity index (χ0n) is 9.43. The molecule has 2 rings (SSSR count). The van der Waals surface area contributed by atoms with Crippen molar-refractivity contribution in [3.8, 4) is 0 Å². The van der Waals surface area contributed by atoms with E-state index in [-0.39, 0.29) is 6.04 Å². The predicted octanol–water partition coefficient (Wildman–Crippen LogP) is 4.02. The van der Waals surface area contributed by atoms with E-state index < -0.39 is 0 Å². The zero-order valence-corrected chi connectivity index (χ0v) is 11.8. The van der Waals surface area contributed by atoms with Crippen molar-refractivity contribution in [3.63, 3.8) is 0 Å². The van der Waals surface area contributed by atoms with Crippen LogP contribution in [0, 0.1) is 0 Å². The lowest BCUT2D eigenvalue weighted by Crippen LogP contribution is -2.06. The molecule has 0 spiro atoms. The van der Waals surface area contributed by atoms with E-state index in [1.165, 1.54) is 0 Å². The smallest absolute Gasteiger partial charge is 0.101 e. The number of pyridine rings is 1. The van der Waals surface area contributed by atoms with E-state index in [2.05, 4.69) is 33.0 Å². The fourth-order valence-electron chi connectivity index (χ4n) is 1.48. The number of nitrogens with zero attached hydrogens (tertiary/aromatic N) is 1. The van der Waals surface area contributed by atoms with Gasteiger partial charge < -0.3 is 5.73 Å². The maximum Gasteiger partial charge on any atom is 0.101 e. The van der Waals surface area contributed by atoms with Crippen molar-refractivity contribution >= 4 is 27.7 Å².